The minimum Gasteiger partial charge on any atom is -0.247 e. The maximum Gasteiger partial charge on any atom is 0.103 e. The Balaban J connectivity index is 2.39. The zero-order valence-corrected chi connectivity index (χ0v) is 8.57. The standard InChI is InChI=1S/C11H21F/c1-11(2,3)8-9-6-4-5-7-10(9)12/h9-10H,4-8H2,1-3H3/t9-,10+/m0/s1. The molecule has 72 valence electrons. The van der Waals surface area contributed by atoms with Crippen molar-refractivity contribution in [2.24, 2.45) is 11.3 Å². The first kappa shape index (κ1) is 10.0. The maximum atomic E-state index is 13.4. The van der Waals surface area contributed by atoms with Crippen molar-refractivity contribution in [1.29, 1.82) is 0 Å². The molecule has 1 saturated carbocycles. The number of hydrogen-bond acceptors (Lipinski definition) is 0. The van der Waals surface area contributed by atoms with Crippen molar-refractivity contribution in [3.8, 4) is 0 Å². The maximum absolute atomic E-state index is 13.4. The summed E-state index contributed by atoms with van der Waals surface area (Å²) in [5.41, 5.74) is 0.298. The van der Waals surface area contributed by atoms with Gasteiger partial charge in [0, 0.05) is 0 Å². The van der Waals surface area contributed by atoms with Crippen molar-refractivity contribution in [1.82, 2.24) is 0 Å². The van der Waals surface area contributed by atoms with E-state index in [0.29, 0.717) is 11.3 Å². The van der Waals surface area contributed by atoms with Crippen LogP contribution in [0.5, 0.6) is 0 Å². The van der Waals surface area contributed by atoms with Crippen LogP contribution >= 0.6 is 0 Å². The second-order valence-electron chi connectivity index (χ2n) is 5.33. The molecule has 0 saturated heterocycles. The van der Waals surface area contributed by atoms with E-state index in [0.717, 1.165) is 25.7 Å². The van der Waals surface area contributed by atoms with Crippen LogP contribution in [0.4, 0.5) is 4.39 Å². The van der Waals surface area contributed by atoms with Gasteiger partial charge in [0.2, 0.25) is 0 Å². The Labute approximate surface area is 75.5 Å². The molecular formula is C11H21F. The predicted molar refractivity (Wildman–Crippen MR) is 50.9 cm³/mol. The molecule has 12 heavy (non-hydrogen) atoms. The first-order valence-corrected chi connectivity index (χ1v) is 5.13. The third kappa shape index (κ3) is 3.12. The topological polar surface area (TPSA) is 0 Å². The molecule has 0 amide bonds. The van der Waals surface area contributed by atoms with Gasteiger partial charge in [-0.25, -0.2) is 4.39 Å². The summed E-state index contributed by atoms with van der Waals surface area (Å²) in [5, 5.41) is 0. The van der Waals surface area contributed by atoms with E-state index in [4.69, 9.17) is 0 Å². The zero-order valence-electron chi connectivity index (χ0n) is 8.57. The first-order valence-electron chi connectivity index (χ1n) is 5.13. The largest absolute Gasteiger partial charge is 0.247 e. The molecular weight excluding hydrogens is 151 g/mol. The Morgan fingerprint density at radius 1 is 1.17 bits per heavy atom. The summed E-state index contributed by atoms with van der Waals surface area (Å²) in [6, 6.07) is 0. The lowest BCUT2D eigenvalue weighted by atomic mass is 9.77. The van der Waals surface area contributed by atoms with Gasteiger partial charge in [-0.3, -0.25) is 0 Å². The molecule has 1 aliphatic rings. The molecule has 0 aliphatic heterocycles. The van der Waals surface area contributed by atoms with Gasteiger partial charge in [-0.1, -0.05) is 33.6 Å². The van der Waals surface area contributed by atoms with Crippen LogP contribution < -0.4 is 0 Å². The van der Waals surface area contributed by atoms with E-state index in [1.165, 1.54) is 6.42 Å². The van der Waals surface area contributed by atoms with Crippen LogP contribution in [0.1, 0.15) is 52.9 Å². The average Bonchev–Trinajstić information content (AvgIpc) is 1.91. The lowest BCUT2D eigenvalue weighted by Crippen LogP contribution is -2.25. The van der Waals surface area contributed by atoms with Crippen LogP contribution in [-0.2, 0) is 0 Å². The highest BCUT2D eigenvalue weighted by molar-refractivity contribution is 4.79. The molecule has 0 unspecified atom stereocenters. The van der Waals surface area contributed by atoms with E-state index in [1.807, 2.05) is 0 Å². The second-order valence-corrected chi connectivity index (χ2v) is 5.33. The molecule has 0 aromatic heterocycles. The van der Waals surface area contributed by atoms with Crippen LogP contribution in [-0.4, -0.2) is 6.17 Å². The molecule has 0 aromatic carbocycles. The number of rotatable bonds is 1. The minimum absolute atomic E-state index is 0.298. The Morgan fingerprint density at radius 3 is 2.25 bits per heavy atom. The van der Waals surface area contributed by atoms with Gasteiger partial charge < -0.3 is 0 Å². The van der Waals surface area contributed by atoms with Crippen molar-refractivity contribution in [3.05, 3.63) is 0 Å². The van der Waals surface area contributed by atoms with Gasteiger partial charge in [0.1, 0.15) is 6.17 Å². The van der Waals surface area contributed by atoms with Gasteiger partial charge in [-0.2, -0.15) is 0 Å². The van der Waals surface area contributed by atoms with Crippen molar-refractivity contribution >= 4 is 0 Å². The third-order valence-corrected chi connectivity index (χ3v) is 2.69. The molecule has 1 aliphatic carbocycles. The Kier molecular flexibility index (Phi) is 3.14. The van der Waals surface area contributed by atoms with E-state index < -0.39 is 6.17 Å². The normalized spacial score (nSPS) is 32.0. The molecule has 0 nitrogen and oxygen atoms in total. The van der Waals surface area contributed by atoms with E-state index >= 15 is 0 Å². The van der Waals surface area contributed by atoms with Gasteiger partial charge in [0.15, 0.2) is 0 Å². The van der Waals surface area contributed by atoms with Gasteiger partial charge in [-0.05, 0) is 30.6 Å². The smallest absolute Gasteiger partial charge is 0.103 e. The Morgan fingerprint density at radius 2 is 1.75 bits per heavy atom. The zero-order chi connectivity index (χ0) is 9.19. The highest BCUT2D eigenvalue weighted by atomic mass is 19.1. The molecule has 0 N–H and O–H groups in total. The summed E-state index contributed by atoms with van der Waals surface area (Å²) in [6.07, 6.45) is 4.79. The predicted octanol–water partition coefficient (Wildman–Crippen LogP) is 3.95. The van der Waals surface area contributed by atoms with Crippen molar-refractivity contribution in [2.75, 3.05) is 0 Å². The number of halogens is 1. The summed E-state index contributed by atoms with van der Waals surface area (Å²) in [6.45, 7) is 6.61. The second kappa shape index (κ2) is 3.76. The van der Waals surface area contributed by atoms with Crippen LogP contribution in [0.15, 0.2) is 0 Å². The van der Waals surface area contributed by atoms with E-state index in [9.17, 15) is 4.39 Å². The first-order chi connectivity index (χ1) is 5.49. The van der Waals surface area contributed by atoms with E-state index in [2.05, 4.69) is 20.8 Å². The lowest BCUT2D eigenvalue weighted by molar-refractivity contribution is 0.123. The molecule has 2 atom stereocenters. The van der Waals surface area contributed by atoms with Gasteiger partial charge in [-0.15, -0.1) is 0 Å². The SMILES string of the molecule is CC(C)(C)C[C@@H]1CCCC[C@H]1F. The van der Waals surface area contributed by atoms with Crippen molar-refractivity contribution < 1.29 is 4.39 Å². The van der Waals surface area contributed by atoms with Crippen LogP contribution in [0, 0.1) is 11.3 Å². The number of alkyl halides is 1. The fourth-order valence-electron chi connectivity index (χ4n) is 2.18. The quantitative estimate of drug-likeness (QED) is 0.561. The summed E-state index contributed by atoms with van der Waals surface area (Å²) < 4.78 is 13.4. The number of hydrogen-bond donors (Lipinski definition) is 0. The monoisotopic (exact) mass is 172 g/mol. The molecule has 0 bridgehead atoms. The summed E-state index contributed by atoms with van der Waals surface area (Å²) in [4.78, 5) is 0. The molecule has 0 spiro atoms. The molecule has 0 heterocycles. The van der Waals surface area contributed by atoms with Crippen molar-refractivity contribution in [3.63, 3.8) is 0 Å². The average molecular weight is 172 g/mol. The summed E-state index contributed by atoms with van der Waals surface area (Å²) >= 11 is 0. The van der Waals surface area contributed by atoms with Crippen LogP contribution in [0.25, 0.3) is 0 Å². The van der Waals surface area contributed by atoms with Crippen LogP contribution in [0.2, 0.25) is 0 Å². The Bertz CT molecular complexity index is 134. The van der Waals surface area contributed by atoms with E-state index in [1.54, 1.807) is 0 Å². The fraction of sp³-hybridized carbons (Fsp3) is 1.00. The lowest BCUT2D eigenvalue weighted by Gasteiger charge is -2.31. The summed E-state index contributed by atoms with van der Waals surface area (Å²) in [7, 11) is 0. The Hall–Kier alpha value is -0.0700. The van der Waals surface area contributed by atoms with Gasteiger partial charge >= 0.3 is 0 Å². The fourth-order valence-corrected chi connectivity index (χ4v) is 2.18. The molecule has 0 aromatic rings. The highest BCUT2D eigenvalue weighted by Gasteiger charge is 2.28. The van der Waals surface area contributed by atoms with Gasteiger partial charge in [0.25, 0.3) is 0 Å². The molecule has 0 radical (unpaired) electrons. The minimum atomic E-state index is -0.516. The summed E-state index contributed by atoms with van der Waals surface area (Å²) in [5.74, 6) is 0.346. The van der Waals surface area contributed by atoms with Gasteiger partial charge in [0.05, 0.1) is 0 Å². The highest BCUT2D eigenvalue weighted by Crippen LogP contribution is 2.35. The molecule has 1 fully saturated rings. The third-order valence-electron chi connectivity index (χ3n) is 2.69. The van der Waals surface area contributed by atoms with Crippen molar-refractivity contribution in [2.45, 2.75) is 59.0 Å². The van der Waals surface area contributed by atoms with E-state index in [-0.39, 0.29) is 0 Å². The molecule has 1 rings (SSSR count). The van der Waals surface area contributed by atoms with Crippen LogP contribution in [0.3, 0.4) is 0 Å². The molecule has 1 heteroatoms.